The van der Waals surface area contributed by atoms with Crippen LogP contribution in [0.5, 0.6) is 5.75 Å². The summed E-state index contributed by atoms with van der Waals surface area (Å²) in [5, 5.41) is 6.22. The summed E-state index contributed by atoms with van der Waals surface area (Å²) in [5.74, 6) is -0.827. The Kier molecular flexibility index (Phi) is 6.51. The summed E-state index contributed by atoms with van der Waals surface area (Å²) in [6.45, 7) is 1.72. The molecule has 2 aromatic carbocycles. The summed E-state index contributed by atoms with van der Waals surface area (Å²) in [5.41, 5.74) is 0.755. The Balaban J connectivity index is 1.52. The molecule has 0 aliphatic heterocycles. The van der Waals surface area contributed by atoms with Crippen LogP contribution in [0, 0.1) is 5.82 Å². The van der Waals surface area contributed by atoms with E-state index in [9.17, 15) is 14.0 Å². The largest absolute Gasteiger partial charge is 0.493 e. The number of esters is 1. The zero-order chi connectivity index (χ0) is 20.6. The van der Waals surface area contributed by atoms with Crippen LogP contribution in [-0.2, 0) is 16.1 Å². The van der Waals surface area contributed by atoms with Gasteiger partial charge in [-0.1, -0.05) is 23.4 Å². The molecule has 9 heteroatoms. The minimum Gasteiger partial charge on any atom is -0.493 e. The summed E-state index contributed by atoms with van der Waals surface area (Å²) in [4.78, 5) is 27.9. The van der Waals surface area contributed by atoms with Crippen LogP contribution in [0.1, 0.15) is 23.2 Å². The Bertz CT molecular complexity index is 1010. The number of aromatic nitrogens is 2. The molecule has 1 N–H and O–H groups in total. The zero-order valence-corrected chi connectivity index (χ0v) is 15.6. The Labute approximate surface area is 165 Å². The maximum absolute atomic E-state index is 13.1. The van der Waals surface area contributed by atoms with Crippen molar-refractivity contribution in [2.75, 3.05) is 13.2 Å². The molecule has 0 atom stereocenters. The quantitative estimate of drug-likeness (QED) is 0.581. The minimum absolute atomic E-state index is 0.0936. The van der Waals surface area contributed by atoms with E-state index in [-0.39, 0.29) is 24.6 Å². The van der Waals surface area contributed by atoms with Gasteiger partial charge >= 0.3 is 5.97 Å². The number of ether oxygens (including phenoxy) is 2. The predicted octanol–water partition coefficient (Wildman–Crippen LogP) is 2.75. The maximum atomic E-state index is 13.1. The van der Waals surface area contributed by atoms with Crippen LogP contribution >= 0.6 is 0 Å². The number of nitrogens with zero attached hydrogens (tertiary/aromatic N) is 2. The lowest BCUT2D eigenvalue weighted by Crippen LogP contribution is -2.30. The van der Waals surface area contributed by atoms with Crippen molar-refractivity contribution in [1.82, 2.24) is 15.5 Å². The highest BCUT2D eigenvalue weighted by Crippen LogP contribution is 2.27. The molecule has 0 radical (unpaired) electrons. The third kappa shape index (κ3) is 5.38. The molecule has 0 fully saturated rings. The first-order valence-corrected chi connectivity index (χ1v) is 8.81. The molecule has 0 aliphatic rings. The van der Waals surface area contributed by atoms with Crippen LogP contribution in [-0.4, -0.2) is 35.2 Å². The molecule has 0 spiro atoms. The van der Waals surface area contributed by atoms with Crippen molar-refractivity contribution in [3.8, 4) is 17.1 Å². The van der Waals surface area contributed by atoms with Crippen LogP contribution in [0.3, 0.4) is 0 Å². The highest BCUT2D eigenvalue weighted by atomic mass is 19.1. The van der Waals surface area contributed by atoms with E-state index in [0.29, 0.717) is 23.7 Å². The topological polar surface area (TPSA) is 104 Å². The molecule has 0 saturated carbocycles. The molecule has 0 bridgehead atoms. The number of amides is 1. The number of halogens is 1. The molecule has 8 nitrogen and oxygen atoms in total. The summed E-state index contributed by atoms with van der Waals surface area (Å²) in [6.07, 6.45) is 0. The minimum atomic E-state index is -0.704. The van der Waals surface area contributed by atoms with Crippen molar-refractivity contribution < 1.29 is 28.0 Å². The van der Waals surface area contributed by atoms with Gasteiger partial charge in [0.25, 0.3) is 11.8 Å². The van der Waals surface area contributed by atoms with Gasteiger partial charge in [0.05, 0.1) is 12.2 Å². The van der Waals surface area contributed by atoms with Gasteiger partial charge in [0.1, 0.15) is 18.1 Å². The van der Waals surface area contributed by atoms with E-state index >= 15 is 0 Å². The number of para-hydroxylation sites is 1. The monoisotopic (exact) mass is 399 g/mol. The van der Waals surface area contributed by atoms with E-state index in [1.165, 1.54) is 18.2 Å². The third-order valence-electron chi connectivity index (χ3n) is 3.73. The van der Waals surface area contributed by atoms with E-state index in [4.69, 9.17) is 14.0 Å². The Morgan fingerprint density at radius 3 is 2.79 bits per heavy atom. The smallest absolute Gasteiger partial charge is 0.325 e. The van der Waals surface area contributed by atoms with Crippen molar-refractivity contribution >= 4 is 11.9 Å². The Hall–Kier alpha value is -3.75. The number of carbonyl (C=O) groups is 2. The molecular weight excluding hydrogens is 381 g/mol. The summed E-state index contributed by atoms with van der Waals surface area (Å²) in [7, 11) is 0. The number of carbonyl (C=O) groups excluding carboxylic acids is 2. The maximum Gasteiger partial charge on any atom is 0.325 e. The van der Waals surface area contributed by atoms with Crippen LogP contribution < -0.4 is 10.1 Å². The summed E-state index contributed by atoms with van der Waals surface area (Å²) in [6, 6.07) is 12.3. The van der Waals surface area contributed by atoms with Crippen molar-refractivity contribution in [1.29, 1.82) is 0 Å². The number of nitrogens with one attached hydrogen (secondary N) is 1. The second kappa shape index (κ2) is 9.45. The van der Waals surface area contributed by atoms with E-state index in [1.54, 1.807) is 12.1 Å². The van der Waals surface area contributed by atoms with Gasteiger partial charge in [-0.3, -0.25) is 9.59 Å². The van der Waals surface area contributed by atoms with Crippen molar-refractivity contribution in [3.63, 3.8) is 0 Å². The van der Waals surface area contributed by atoms with Gasteiger partial charge in [0.15, 0.2) is 6.61 Å². The van der Waals surface area contributed by atoms with E-state index in [1.807, 2.05) is 19.1 Å². The van der Waals surface area contributed by atoms with Crippen molar-refractivity contribution in [3.05, 3.63) is 65.8 Å². The number of benzene rings is 2. The first kappa shape index (κ1) is 20.0. The molecule has 3 aromatic rings. The molecule has 0 aliphatic carbocycles. The van der Waals surface area contributed by atoms with E-state index in [0.717, 1.165) is 6.07 Å². The van der Waals surface area contributed by atoms with Crippen molar-refractivity contribution in [2.45, 2.75) is 13.5 Å². The SMILES string of the molecule is CCOc1ccccc1-c1noc(COC(=O)CNC(=O)c2cccc(F)c2)n1. The van der Waals surface area contributed by atoms with Gasteiger partial charge < -0.3 is 19.3 Å². The normalized spacial score (nSPS) is 10.4. The Morgan fingerprint density at radius 2 is 2.00 bits per heavy atom. The molecule has 3 rings (SSSR count). The molecular formula is C20H18FN3O5. The average Bonchev–Trinajstić information content (AvgIpc) is 3.20. The fraction of sp³-hybridized carbons (Fsp3) is 0.200. The molecule has 1 aromatic heterocycles. The third-order valence-corrected chi connectivity index (χ3v) is 3.73. The van der Waals surface area contributed by atoms with Gasteiger partial charge in [-0.25, -0.2) is 4.39 Å². The van der Waals surface area contributed by atoms with E-state index in [2.05, 4.69) is 15.5 Å². The van der Waals surface area contributed by atoms with Crippen molar-refractivity contribution in [2.24, 2.45) is 0 Å². The molecule has 150 valence electrons. The molecule has 0 saturated heterocycles. The fourth-order valence-electron chi connectivity index (χ4n) is 2.43. The molecule has 0 unspecified atom stereocenters. The molecule has 1 heterocycles. The predicted molar refractivity (Wildman–Crippen MR) is 99.4 cm³/mol. The zero-order valence-electron chi connectivity index (χ0n) is 15.6. The van der Waals surface area contributed by atoms with Gasteiger partial charge in [-0.05, 0) is 37.3 Å². The highest BCUT2D eigenvalue weighted by molar-refractivity contribution is 5.95. The number of rotatable bonds is 8. The standard InChI is InChI=1S/C20H18FN3O5/c1-2-27-16-9-4-3-8-15(16)19-23-17(29-24-19)12-28-18(25)11-22-20(26)13-6-5-7-14(21)10-13/h3-10H,2,11-12H2,1H3,(H,22,26). The second-order valence-electron chi connectivity index (χ2n) is 5.79. The number of hydrogen-bond acceptors (Lipinski definition) is 7. The van der Waals surface area contributed by atoms with Crippen LogP contribution in [0.2, 0.25) is 0 Å². The summed E-state index contributed by atoms with van der Waals surface area (Å²) >= 11 is 0. The van der Waals surface area contributed by atoms with Gasteiger partial charge in [0, 0.05) is 5.56 Å². The Morgan fingerprint density at radius 1 is 1.17 bits per heavy atom. The fourth-order valence-corrected chi connectivity index (χ4v) is 2.43. The summed E-state index contributed by atoms with van der Waals surface area (Å²) < 4.78 is 28.7. The van der Waals surface area contributed by atoms with E-state index < -0.39 is 17.7 Å². The molecule has 29 heavy (non-hydrogen) atoms. The van der Waals surface area contributed by atoms with Gasteiger partial charge in [-0.15, -0.1) is 0 Å². The van der Waals surface area contributed by atoms with Crippen LogP contribution in [0.15, 0.2) is 53.1 Å². The average molecular weight is 399 g/mol. The lowest BCUT2D eigenvalue weighted by Gasteiger charge is -2.06. The lowest BCUT2D eigenvalue weighted by atomic mass is 10.2. The lowest BCUT2D eigenvalue weighted by molar-refractivity contribution is -0.144. The highest BCUT2D eigenvalue weighted by Gasteiger charge is 2.15. The first-order valence-electron chi connectivity index (χ1n) is 8.81. The second-order valence-corrected chi connectivity index (χ2v) is 5.79. The van der Waals surface area contributed by atoms with Gasteiger partial charge in [-0.2, -0.15) is 4.98 Å². The van der Waals surface area contributed by atoms with Crippen LogP contribution in [0.4, 0.5) is 4.39 Å². The number of hydrogen-bond donors (Lipinski definition) is 1. The molecule has 1 amide bonds. The van der Waals surface area contributed by atoms with Crippen LogP contribution in [0.25, 0.3) is 11.4 Å². The first-order chi connectivity index (χ1) is 14.1. The van der Waals surface area contributed by atoms with Gasteiger partial charge in [0.2, 0.25) is 5.82 Å².